The molecule has 0 fully saturated rings. The zero-order valence-electron chi connectivity index (χ0n) is 18.0. The molecule has 3 aromatic carbocycles. The van der Waals surface area contributed by atoms with Crippen LogP contribution in [0, 0.1) is 10.1 Å². The predicted molar refractivity (Wildman–Crippen MR) is 122 cm³/mol. The van der Waals surface area contributed by atoms with E-state index in [0.29, 0.717) is 23.7 Å². The minimum atomic E-state index is -0.850. The third kappa shape index (κ3) is 5.60. The van der Waals surface area contributed by atoms with Crippen LogP contribution in [0.2, 0.25) is 0 Å². The van der Waals surface area contributed by atoms with Gasteiger partial charge >= 0.3 is 5.97 Å². The van der Waals surface area contributed by atoms with Crippen LogP contribution in [-0.2, 0) is 22.6 Å². The average molecular weight is 463 g/mol. The van der Waals surface area contributed by atoms with Gasteiger partial charge in [-0.1, -0.05) is 36.4 Å². The number of nitro groups is 1. The Morgan fingerprint density at radius 3 is 2.53 bits per heavy atom. The molecule has 1 aliphatic heterocycles. The number of nitro benzene ring substituents is 1. The maximum atomic E-state index is 12.7. The van der Waals surface area contributed by atoms with Gasteiger partial charge in [-0.05, 0) is 29.3 Å². The standard InChI is InChI=1S/C24H21N3O7/c28-23(26-13-17-6-9-21-22(10-17)34-15-33-21)14-32-24(29)19-11-18(27(30)31)7-8-20(19)25-12-16-4-2-1-3-5-16/h1-11,25H,12-15H2,(H,26,28). The zero-order chi connectivity index (χ0) is 23.9. The molecular formula is C24H21N3O7. The van der Waals surface area contributed by atoms with Crippen LogP contribution in [0.5, 0.6) is 11.5 Å². The van der Waals surface area contributed by atoms with Crippen LogP contribution in [0.3, 0.4) is 0 Å². The Balaban J connectivity index is 1.36. The molecule has 34 heavy (non-hydrogen) atoms. The number of esters is 1. The molecule has 10 heteroatoms. The number of fused-ring (bicyclic) bond motifs is 1. The average Bonchev–Trinajstić information content (AvgIpc) is 3.33. The number of benzene rings is 3. The normalized spacial score (nSPS) is 11.5. The highest BCUT2D eigenvalue weighted by molar-refractivity contribution is 5.97. The van der Waals surface area contributed by atoms with Crippen LogP contribution < -0.4 is 20.1 Å². The fraction of sp³-hybridized carbons (Fsp3) is 0.167. The summed E-state index contributed by atoms with van der Waals surface area (Å²) < 4.78 is 15.7. The van der Waals surface area contributed by atoms with E-state index in [1.54, 1.807) is 18.2 Å². The van der Waals surface area contributed by atoms with E-state index < -0.39 is 23.4 Å². The van der Waals surface area contributed by atoms with Gasteiger partial charge in [0.1, 0.15) is 0 Å². The third-order valence-electron chi connectivity index (χ3n) is 5.02. The summed E-state index contributed by atoms with van der Waals surface area (Å²) >= 11 is 0. The number of non-ortho nitro benzene ring substituents is 1. The maximum absolute atomic E-state index is 12.7. The molecule has 0 aromatic heterocycles. The molecule has 1 aliphatic rings. The summed E-state index contributed by atoms with van der Waals surface area (Å²) in [4.78, 5) is 35.4. The summed E-state index contributed by atoms with van der Waals surface area (Å²) in [6, 6.07) is 18.6. The van der Waals surface area contributed by atoms with E-state index in [9.17, 15) is 19.7 Å². The lowest BCUT2D eigenvalue weighted by atomic mass is 10.1. The third-order valence-corrected chi connectivity index (χ3v) is 5.02. The summed E-state index contributed by atoms with van der Waals surface area (Å²) in [7, 11) is 0. The van der Waals surface area contributed by atoms with Gasteiger partial charge in [-0.3, -0.25) is 14.9 Å². The molecular weight excluding hydrogens is 442 g/mol. The van der Waals surface area contributed by atoms with E-state index in [1.165, 1.54) is 12.1 Å². The first-order chi connectivity index (χ1) is 16.5. The second-order valence-electron chi connectivity index (χ2n) is 7.37. The molecule has 1 amide bonds. The molecule has 0 saturated carbocycles. The summed E-state index contributed by atoms with van der Waals surface area (Å²) in [6.45, 7) is 0.216. The monoisotopic (exact) mass is 463 g/mol. The van der Waals surface area contributed by atoms with Gasteiger partial charge in [-0.25, -0.2) is 4.79 Å². The molecule has 3 aromatic rings. The second kappa shape index (κ2) is 10.3. The largest absolute Gasteiger partial charge is 0.454 e. The number of hydrogen-bond donors (Lipinski definition) is 2. The van der Waals surface area contributed by atoms with E-state index in [-0.39, 0.29) is 24.6 Å². The van der Waals surface area contributed by atoms with Gasteiger partial charge in [0.05, 0.1) is 10.5 Å². The van der Waals surface area contributed by atoms with Crippen molar-refractivity contribution in [1.82, 2.24) is 5.32 Å². The number of carbonyl (C=O) groups is 2. The summed E-state index contributed by atoms with van der Waals surface area (Å²) in [5.74, 6) is -0.134. The van der Waals surface area contributed by atoms with E-state index >= 15 is 0 Å². The van der Waals surface area contributed by atoms with Crippen LogP contribution in [0.1, 0.15) is 21.5 Å². The molecule has 0 radical (unpaired) electrons. The fourth-order valence-electron chi connectivity index (χ4n) is 3.27. The first-order valence-electron chi connectivity index (χ1n) is 10.4. The lowest BCUT2D eigenvalue weighted by Crippen LogP contribution is -2.28. The van der Waals surface area contributed by atoms with Crippen LogP contribution in [0.25, 0.3) is 0 Å². The number of nitrogens with one attached hydrogen (secondary N) is 2. The van der Waals surface area contributed by atoms with Crippen molar-refractivity contribution in [2.45, 2.75) is 13.1 Å². The van der Waals surface area contributed by atoms with Gasteiger partial charge in [0.25, 0.3) is 11.6 Å². The SMILES string of the molecule is O=C(COC(=O)c1cc([N+](=O)[O-])ccc1NCc1ccccc1)NCc1ccc2c(c1)OCO2. The Bertz CT molecular complexity index is 1210. The molecule has 4 rings (SSSR count). The smallest absolute Gasteiger partial charge is 0.341 e. The number of amides is 1. The molecule has 10 nitrogen and oxygen atoms in total. The second-order valence-corrected chi connectivity index (χ2v) is 7.37. The van der Waals surface area contributed by atoms with Crippen LogP contribution in [0.15, 0.2) is 66.7 Å². The fourth-order valence-corrected chi connectivity index (χ4v) is 3.27. The van der Waals surface area contributed by atoms with Gasteiger partial charge < -0.3 is 24.8 Å². The lowest BCUT2D eigenvalue weighted by molar-refractivity contribution is -0.384. The summed E-state index contributed by atoms with van der Waals surface area (Å²) in [5.41, 5.74) is 1.82. The molecule has 0 atom stereocenters. The van der Waals surface area contributed by atoms with Gasteiger partial charge in [0, 0.05) is 30.9 Å². The number of nitrogens with zero attached hydrogens (tertiary/aromatic N) is 1. The molecule has 2 N–H and O–H groups in total. The zero-order valence-corrected chi connectivity index (χ0v) is 18.0. The Labute approximate surface area is 194 Å². The minimum absolute atomic E-state index is 0.0336. The van der Waals surface area contributed by atoms with Crippen molar-refractivity contribution in [2.24, 2.45) is 0 Å². The molecule has 1 heterocycles. The van der Waals surface area contributed by atoms with Crippen molar-refractivity contribution in [3.63, 3.8) is 0 Å². The quantitative estimate of drug-likeness (QED) is 0.281. The van der Waals surface area contributed by atoms with Gasteiger partial charge in [0.2, 0.25) is 6.79 Å². The molecule has 0 bridgehead atoms. The highest BCUT2D eigenvalue weighted by Crippen LogP contribution is 2.32. The molecule has 0 spiro atoms. The Kier molecular flexibility index (Phi) is 6.87. The highest BCUT2D eigenvalue weighted by atomic mass is 16.7. The van der Waals surface area contributed by atoms with Crippen molar-refractivity contribution in [3.05, 3.63) is 93.5 Å². The van der Waals surface area contributed by atoms with Crippen LogP contribution >= 0.6 is 0 Å². The number of ether oxygens (including phenoxy) is 3. The number of rotatable bonds is 9. The number of carbonyl (C=O) groups excluding carboxylic acids is 2. The lowest BCUT2D eigenvalue weighted by Gasteiger charge is -2.12. The van der Waals surface area contributed by atoms with Crippen molar-refractivity contribution in [1.29, 1.82) is 0 Å². The van der Waals surface area contributed by atoms with E-state index in [4.69, 9.17) is 14.2 Å². The minimum Gasteiger partial charge on any atom is -0.454 e. The summed E-state index contributed by atoms with van der Waals surface area (Å²) in [5, 5.41) is 16.9. The molecule has 0 aliphatic carbocycles. The van der Waals surface area contributed by atoms with Gasteiger partial charge in [-0.2, -0.15) is 0 Å². The van der Waals surface area contributed by atoms with Gasteiger partial charge in [0.15, 0.2) is 18.1 Å². The predicted octanol–water partition coefficient (Wildman–Crippen LogP) is 3.41. The van der Waals surface area contributed by atoms with Crippen molar-refractivity contribution < 1.29 is 28.7 Å². The number of hydrogen-bond acceptors (Lipinski definition) is 8. The molecule has 0 unspecified atom stereocenters. The topological polar surface area (TPSA) is 129 Å². The van der Waals surface area contributed by atoms with Crippen molar-refractivity contribution in [3.8, 4) is 11.5 Å². The first kappa shape index (κ1) is 22.6. The van der Waals surface area contributed by atoms with Crippen LogP contribution in [-0.4, -0.2) is 30.2 Å². The van der Waals surface area contributed by atoms with Crippen LogP contribution in [0.4, 0.5) is 11.4 Å². The molecule has 0 saturated heterocycles. The highest BCUT2D eigenvalue weighted by Gasteiger charge is 2.19. The Morgan fingerprint density at radius 2 is 1.74 bits per heavy atom. The van der Waals surface area contributed by atoms with E-state index in [2.05, 4.69) is 10.6 Å². The summed E-state index contributed by atoms with van der Waals surface area (Å²) in [6.07, 6.45) is 0. The van der Waals surface area contributed by atoms with Gasteiger partial charge in [-0.15, -0.1) is 0 Å². The number of anilines is 1. The van der Waals surface area contributed by atoms with Crippen molar-refractivity contribution >= 4 is 23.3 Å². The first-order valence-corrected chi connectivity index (χ1v) is 10.4. The Hall–Kier alpha value is -4.60. The van der Waals surface area contributed by atoms with Crippen molar-refractivity contribution in [2.75, 3.05) is 18.7 Å². The van der Waals surface area contributed by atoms with E-state index in [1.807, 2.05) is 30.3 Å². The molecule has 174 valence electrons. The van der Waals surface area contributed by atoms with E-state index in [0.717, 1.165) is 17.2 Å². The maximum Gasteiger partial charge on any atom is 0.341 e. The Morgan fingerprint density at radius 1 is 0.941 bits per heavy atom.